The molecule has 0 aromatic rings. The Balaban J connectivity index is 3.36. The summed E-state index contributed by atoms with van der Waals surface area (Å²) < 4.78 is 11.5. The van der Waals surface area contributed by atoms with Gasteiger partial charge in [0, 0.05) is 22.3 Å². The molecule has 4 heteroatoms. The van der Waals surface area contributed by atoms with E-state index in [4.69, 9.17) is 5.11 Å². The molecule has 0 saturated heterocycles. The Morgan fingerprint density at radius 1 is 1.12 bits per heavy atom. The van der Waals surface area contributed by atoms with E-state index in [2.05, 4.69) is 6.92 Å². The van der Waals surface area contributed by atoms with Crippen molar-refractivity contribution in [3.63, 3.8) is 0 Å². The van der Waals surface area contributed by atoms with Crippen molar-refractivity contribution < 1.29 is 14.1 Å². The predicted molar refractivity (Wildman–Crippen MR) is 72.7 cm³/mol. The maximum Gasteiger partial charge on any atom is 0.307 e. The lowest BCUT2D eigenvalue weighted by atomic mass is 10.1. The van der Waals surface area contributed by atoms with E-state index < -0.39 is 22.7 Å². The molecule has 0 aliphatic carbocycles. The van der Waals surface area contributed by atoms with Crippen molar-refractivity contribution in [1.29, 1.82) is 0 Å². The minimum absolute atomic E-state index is 0.297. The van der Waals surface area contributed by atoms with Crippen LogP contribution in [0, 0.1) is 5.92 Å². The van der Waals surface area contributed by atoms with Crippen LogP contribution >= 0.6 is 0 Å². The molecule has 0 saturated carbocycles. The van der Waals surface area contributed by atoms with Gasteiger partial charge in [0.2, 0.25) is 0 Å². The highest BCUT2D eigenvalue weighted by Crippen LogP contribution is 2.08. The number of aliphatic carboxylic acids is 1. The van der Waals surface area contributed by atoms with Gasteiger partial charge >= 0.3 is 5.97 Å². The molecule has 0 amide bonds. The first-order valence-corrected chi connectivity index (χ1v) is 8.14. The molecule has 0 rings (SSSR count). The number of rotatable bonds is 11. The molecule has 1 N–H and O–H groups in total. The van der Waals surface area contributed by atoms with Crippen molar-refractivity contribution in [2.45, 2.75) is 58.8 Å². The van der Waals surface area contributed by atoms with Gasteiger partial charge in [0.05, 0.1) is 5.92 Å². The van der Waals surface area contributed by atoms with Crippen LogP contribution in [-0.2, 0) is 15.6 Å². The zero-order valence-electron chi connectivity index (χ0n) is 11.1. The molecular formula is C13H26O3S. The molecule has 3 nitrogen and oxygen atoms in total. The molecule has 0 radical (unpaired) electrons. The summed E-state index contributed by atoms with van der Waals surface area (Å²) in [6.07, 6.45) is 8.44. The summed E-state index contributed by atoms with van der Waals surface area (Å²) >= 11 is 0. The van der Waals surface area contributed by atoms with Crippen molar-refractivity contribution in [3.8, 4) is 0 Å². The minimum Gasteiger partial charge on any atom is -0.481 e. The highest BCUT2D eigenvalue weighted by molar-refractivity contribution is 7.85. The van der Waals surface area contributed by atoms with Crippen LogP contribution < -0.4 is 0 Å². The maximum atomic E-state index is 11.5. The van der Waals surface area contributed by atoms with Gasteiger partial charge in [0.15, 0.2) is 0 Å². The van der Waals surface area contributed by atoms with Crippen LogP contribution in [0.3, 0.4) is 0 Å². The molecule has 0 bridgehead atoms. The lowest BCUT2D eigenvalue weighted by Gasteiger charge is -2.06. The summed E-state index contributed by atoms with van der Waals surface area (Å²) in [6, 6.07) is 0. The first kappa shape index (κ1) is 16.6. The van der Waals surface area contributed by atoms with E-state index in [9.17, 15) is 9.00 Å². The number of carboxylic acids is 1. The van der Waals surface area contributed by atoms with Gasteiger partial charge in [-0.05, 0) is 6.42 Å². The minimum atomic E-state index is -0.960. The molecule has 2 atom stereocenters. The molecular weight excluding hydrogens is 236 g/mol. The van der Waals surface area contributed by atoms with Crippen LogP contribution in [0.5, 0.6) is 0 Å². The summed E-state index contributed by atoms with van der Waals surface area (Å²) in [5.41, 5.74) is 0. The summed E-state index contributed by atoms with van der Waals surface area (Å²) in [5.74, 6) is -0.380. The fourth-order valence-corrected chi connectivity index (χ4v) is 3.05. The normalized spacial score (nSPS) is 14.5. The molecule has 2 unspecified atom stereocenters. The number of hydrogen-bond donors (Lipinski definition) is 1. The van der Waals surface area contributed by atoms with E-state index >= 15 is 0 Å². The van der Waals surface area contributed by atoms with Gasteiger partial charge in [-0.15, -0.1) is 0 Å². The molecule has 0 aliphatic heterocycles. The number of carboxylic acid groups (broad SMARTS) is 1. The molecule has 0 spiro atoms. The van der Waals surface area contributed by atoms with Crippen molar-refractivity contribution in [1.82, 2.24) is 0 Å². The largest absolute Gasteiger partial charge is 0.481 e. The van der Waals surface area contributed by atoms with Crippen LogP contribution in [-0.4, -0.2) is 26.8 Å². The summed E-state index contributed by atoms with van der Waals surface area (Å²) in [6.45, 7) is 3.82. The van der Waals surface area contributed by atoms with E-state index in [0.29, 0.717) is 11.5 Å². The predicted octanol–water partition coefficient (Wildman–Crippen LogP) is 3.21. The van der Waals surface area contributed by atoms with Gasteiger partial charge in [-0.1, -0.05) is 52.4 Å². The maximum absolute atomic E-state index is 11.5. The van der Waals surface area contributed by atoms with E-state index in [0.717, 1.165) is 12.8 Å². The molecule has 102 valence electrons. The van der Waals surface area contributed by atoms with Crippen molar-refractivity contribution in [2.75, 3.05) is 11.5 Å². The molecule has 17 heavy (non-hydrogen) atoms. The van der Waals surface area contributed by atoms with Gasteiger partial charge in [0.1, 0.15) is 0 Å². The topological polar surface area (TPSA) is 54.4 Å². The van der Waals surface area contributed by atoms with Crippen LogP contribution in [0.25, 0.3) is 0 Å². The number of unbranched alkanes of at least 4 members (excludes halogenated alkanes) is 6. The quantitative estimate of drug-likeness (QED) is 0.582. The average molecular weight is 262 g/mol. The SMILES string of the molecule is CCCCCCCCCS(=O)CC(C)C(=O)O. The van der Waals surface area contributed by atoms with Crippen LogP contribution in [0.4, 0.5) is 0 Å². The molecule has 0 aromatic heterocycles. The van der Waals surface area contributed by atoms with Crippen LogP contribution in [0.2, 0.25) is 0 Å². The highest BCUT2D eigenvalue weighted by Gasteiger charge is 2.14. The number of hydrogen-bond acceptors (Lipinski definition) is 2. The first-order valence-electron chi connectivity index (χ1n) is 6.65. The zero-order chi connectivity index (χ0) is 13.1. The van der Waals surface area contributed by atoms with Crippen molar-refractivity contribution in [3.05, 3.63) is 0 Å². The summed E-state index contributed by atoms with van der Waals surface area (Å²) in [4.78, 5) is 10.6. The molecule has 0 heterocycles. The lowest BCUT2D eigenvalue weighted by Crippen LogP contribution is -2.18. The van der Waals surface area contributed by atoms with Crippen molar-refractivity contribution >= 4 is 16.8 Å². The second kappa shape index (κ2) is 10.8. The Morgan fingerprint density at radius 2 is 1.65 bits per heavy atom. The van der Waals surface area contributed by atoms with E-state index in [1.54, 1.807) is 6.92 Å². The third-order valence-corrected chi connectivity index (χ3v) is 4.45. The van der Waals surface area contributed by atoms with E-state index in [-0.39, 0.29) is 0 Å². The Bertz CT molecular complexity index is 229. The van der Waals surface area contributed by atoms with Gasteiger partial charge in [-0.3, -0.25) is 9.00 Å². The Morgan fingerprint density at radius 3 is 2.18 bits per heavy atom. The van der Waals surface area contributed by atoms with Crippen LogP contribution in [0.1, 0.15) is 58.8 Å². The number of carbonyl (C=O) groups is 1. The Labute approximate surface area is 107 Å². The second-order valence-corrected chi connectivity index (χ2v) is 6.29. The lowest BCUT2D eigenvalue weighted by molar-refractivity contribution is -0.140. The van der Waals surface area contributed by atoms with Crippen LogP contribution in [0.15, 0.2) is 0 Å². The smallest absolute Gasteiger partial charge is 0.307 e. The molecule has 0 aliphatic rings. The Kier molecular flexibility index (Phi) is 10.5. The fourth-order valence-electron chi connectivity index (χ4n) is 1.65. The van der Waals surface area contributed by atoms with Gasteiger partial charge in [-0.2, -0.15) is 0 Å². The van der Waals surface area contributed by atoms with Gasteiger partial charge in [-0.25, -0.2) is 0 Å². The fraction of sp³-hybridized carbons (Fsp3) is 0.923. The van der Waals surface area contributed by atoms with E-state index in [1.165, 1.54) is 32.1 Å². The zero-order valence-corrected chi connectivity index (χ0v) is 11.9. The third kappa shape index (κ3) is 10.5. The molecule has 0 fully saturated rings. The van der Waals surface area contributed by atoms with Crippen molar-refractivity contribution in [2.24, 2.45) is 5.92 Å². The standard InChI is InChI=1S/C13H26O3S/c1-3-4-5-6-7-8-9-10-17(16)11-12(2)13(14)15/h12H,3-11H2,1-2H3,(H,14,15). The monoisotopic (exact) mass is 262 g/mol. The summed E-state index contributed by atoms with van der Waals surface area (Å²) in [5, 5.41) is 8.69. The second-order valence-electron chi connectivity index (χ2n) is 4.67. The highest BCUT2D eigenvalue weighted by atomic mass is 32.2. The third-order valence-electron chi connectivity index (χ3n) is 2.83. The Hall–Kier alpha value is -0.380. The average Bonchev–Trinajstić information content (AvgIpc) is 2.27. The molecule has 0 aromatic carbocycles. The summed E-state index contributed by atoms with van der Waals surface area (Å²) in [7, 11) is -0.960. The van der Waals surface area contributed by atoms with E-state index in [1.807, 2.05) is 0 Å². The van der Waals surface area contributed by atoms with Gasteiger partial charge in [0.25, 0.3) is 0 Å². The first-order chi connectivity index (χ1) is 8.07. The van der Waals surface area contributed by atoms with Gasteiger partial charge < -0.3 is 5.11 Å².